The van der Waals surface area contributed by atoms with E-state index in [-0.39, 0.29) is 0 Å². The summed E-state index contributed by atoms with van der Waals surface area (Å²) in [7, 11) is 4.21. The third-order valence-corrected chi connectivity index (χ3v) is 3.44. The van der Waals surface area contributed by atoms with Crippen molar-refractivity contribution in [2.24, 2.45) is 5.92 Å². The Morgan fingerprint density at radius 2 is 1.82 bits per heavy atom. The summed E-state index contributed by atoms with van der Waals surface area (Å²) in [6.07, 6.45) is -0.122. The van der Waals surface area contributed by atoms with Gasteiger partial charge >= 0.3 is 5.97 Å². The molecule has 0 saturated heterocycles. The van der Waals surface area contributed by atoms with E-state index in [9.17, 15) is 9.90 Å². The van der Waals surface area contributed by atoms with Gasteiger partial charge in [0.05, 0.1) is 0 Å². The first-order chi connectivity index (χ1) is 10.2. The lowest BCUT2D eigenvalue weighted by Gasteiger charge is -2.26. The summed E-state index contributed by atoms with van der Waals surface area (Å²) >= 11 is 0. The number of carboxylic acid groups (broad SMARTS) is 1. The Morgan fingerprint density at radius 3 is 2.18 bits per heavy atom. The van der Waals surface area contributed by atoms with Crippen LogP contribution in [0.25, 0.3) is 0 Å². The lowest BCUT2D eigenvalue weighted by molar-refractivity contribution is -0.145. The van der Waals surface area contributed by atoms with Crippen LogP contribution in [0.1, 0.15) is 38.7 Å². The smallest absolute Gasteiger partial charge is 0.332 e. The number of hydrogen-bond donors (Lipinski definition) is 3. The van der Waals surface area contributed by atoms with Crippen LogP contribution in [0.5, 0.6) is 5.75 Å². The van der Waals surface area contributed by atoms with E-state index < -0.39 is 12.1 Å². The van der Waals surface area contributed by atoms with Crippen molar-refractivity contribution in [2.75, 3.05) is 20.6 Å². The molecule has 1 rings (SSSR count). The molecule has 0 aromatic heterocycles. The number of hydrogen-bond acceptors (Lipinski definition) is 4. The summed E-state index contributed by atoms with van der Waals surface area (Å²) in [6, 6.07) is 7.66. The lowest BCUT2D eigenvalue weighted by Crippen LogP contribution is -2.24. The molecule has 0 fully saturated rings. The molecule has 0 aliphatic rings. The number of phenols is 1. The van der Waals surface area contributed by atoms with Crippen LogP contribution < -0.4 is 0 Å². The molecule has 3 N–H and O–H groups in total. The van der Waals surface area contributed by atoms with Crippen LogP contribution in [0, 0.1) is 5.92 Å². The van der Waals surface area contributed by atoms with Gasteiger partial charge in [0.1, 0.15) is 11.9 Å². The Kier molecular flexibility index (Phi) is 9.45. The van der Waals surface area contributed by atoms with Crippen molar-refractivity contribution in [2.45, 2.75) is 39.2 Å². The van der Waals surface area contributed by atoms with Gasteiger partial charge in [-0.2, -0.15) is 0 Å². The molecule has 0 bridgehead atoms. The van der Waals surface area contributed by atoms with E-state index in [4.69, 9.17) is 10.2 Å². The third kappa shape index (κ3) is 8.00. The van der Waals surface area contributed by atoms with E-state index >= 15 is 0 Å². The van der Waals surface area contributed by atoms with Crippen molar-refractivity contribution < 1.29 is 20.1 Å². The van der Waals surface area contributed by atoms with Crippen LogP contribution in [0.2, 0.25) is 0 Å². The van der Waals surface area contributed by atoms with Crippen LogP contribution in [0.3, 0.4) is 0 Å². The molecule has 0 spiro atoms. The van der Waals surface area contributed by atoms with Crippen LogP contribution in [0.4, 0.5) is 0 Å². The second-order valence-corrected chi connectivity index (χ2v) is 5.86. The van der Waals surface area contributed by atoms with E-state index in [2.05, 4.69) is 38.9 Å². The molecular formula is C17H29NO4. The topological polar surface area (TPSA) is 81.0 Å². The standard InChI is InChI=1S/C14H23NO.C3H6O3/c1-5-14(11(2)10-15(3)4)12-7-6-8-13(16)9-12;1-2(4)3(5)6/h6-9,11,14,16H,5,10H2,1-4H3;2,4H,1H3,(H,5,6)/t11-,14+;/m0./s1. The molecule has 0 radical (unpaired) electrons. The zero-order valence-electron chi connectivity index (χ0n) is 14.2. The molecule has 1 aromatic carbocycles. The molecule has 22 heavy (non-hydrogen) atoms. The van der Waals surface area contributed by atoms with Crippen molar-refractivity contribution in [3.8, 4) is 5.75 Å². The molecule has 0 amide bonds. The second-order valence-electron chi connectivity index (χ2n) is 5.86. The summed E-state index contributed by atoms with van der Waals surface area (Å²) in [5.74, 6) is 0.305. The van der Waals surface area contributed by atoms with Gasteiger partial charge in [-0.25, -0.2) is 4.79 Å². The van der Waals surface area contributed by atoms with Gasteiger partial charge in [-0.05, 0) is 57.0 Å². The number of nitrogens with zero attached hydrogens (tertiary/aromatic N) is 1. The van der Waals surface area contributed by atoms with Crippen LogP contribution in [-0.4, -0.2) is 52.9 Å². The van der Waals surface area contributed by atoms with Gasteiger partial charge in [-0.15, -0.1) is 0 Å². The first-order valence-corrected chi connectivity index (χ1v) is 7.53. The highest BCUT2D eigenvalue weighted by Gasteiger charge is 2.18. The number of aliphatic hydroxyl groups excluding tert-OH is 1. The predicted molar refractivity (Wildman–Crippen MR) is 88.2 cm³/mol. The van der Waals surface area contributed by atoms with Crippen LogP contribution in [0.15, 0.2) is 24.3 Å². The van der Waals surface area contributed by atoms with Crippen molar-refractivity contribution in [1.82, 2.24) is 4.90 Å². The number of benzene rings is 1. The molecule has 5 heteroatoms. The maximum Gasteiger partial charge on any atom is 0.332 e. The van der Waals surface area contributed by atoms with Gasteiger partial charge in [0.25, 0.3) is 0 Å². The highest BCUT2D eigenvalue weighted by molar-refractivity contribution is 5.71. The van der Waals surface area contributed by atoms with E-state index in [1.165, 1.54) is 12.5 Å². The highest BCUT2D eigenvalue weighted by atomic mass is 16.4. The minimum atomic E-state index is -1.23. The first kappa shape index (κ1) is 20.4. The average molecular weight is 311 g/mol. The number of phenolic OH excluding ortho intramolecular Hbond substituents is 1. The summed E-state index contributed by atoms with van der Waals surface area (Å²) < 4.78 is 0. The number of rotatable bonds is 6. The minimum Gasteiger partial charge on any atom is -0.508 e. The van der Waals surface area contributed by atoms with Gasteiger partial charge in [-0.3, -0.25) is 0 Å². The Balaban J connectivity index is 0.000000626. The predicted octanol–water partition coefficient (Wildman–Crippen LogP) is 2.54. The fourth-order valence-corrected chi connectivity index (χ4v) is 2.43. The molecule has 0 aliphatic heterocycles. The van der Waals surface area contributed by atoms with Gasteiger partial charge in [0, 0.05) is 6.54 Å². The maximum atomic E-state index is 9.51. The summed E-state index contributed by atoms with van der Waals surface area (Å²) in [4.78, 5) is 11.7. The Labute approximate surface area is 133 Å². The lowest BCUT2D eigenvalue weighted by atomic mass is 9.85. The molecule has 0 saturated carbocycles. The average Bonchev–Trinajstić information content (AvgIpc) is 2.39. The Morgan fingerprint density at radius 1 is 1.27 bits per heavy atom. The molecule has 3 atom stereocenters. The summed E-state index contributed by atoms with van der Waals surface area (Å²) in [5, 5.41) is 25.3. The van der Waals surface area contributed by atoms with E-state index in [0.717, 1.165) is 13.0 Å². The van der Waals surface area contributed by atoms with Gasteiger partial charge in [-0.1, -0.05) is 26.0 Å². The second kappa shape index (κ2) is 10.2. The van der Waals surface area contributed by atoms with E-state index in [1.54, 1.807) is 6.07 Å². The van der Waals surface area contributed by atoms with Crippen molar-refractivity contribution in [3.05, 3.63) is 29.8 Å². The Bertz CT molecular complexity index is 446. The van der Waals surface area contributed by atoms with Crippen molar-refractivity contribution in [1.29, 1.82) is 0 Å². The zero-order valence-corrected chi connectivity index (χ0v) is 14.2. The normalized spacial score (nSPS) is 14.7. The number of aliphatic hydroxyl groups is 1. The fraction of sp³-hybridized carbons (Fsp3) is 0.588. The van der Waals surface area contributed by atoms with Crippen LogP contribution in [-0.2, 0) is 4.79 Å². The van der Waals surface area contributed by atoms with Gasteiger partial charge in [0.2, 0.25) is 0 Å². The molecule has 126 valence electrons. The number of aliphatic carboxylic acids is 1. The summed E-state index contributed by atoms with van der Waals surface area (Å²) in [6.45, 7) is 6.76. The van der Waals surface area contributed by atoms with Crippen molar-refractivity contribution in [3.63, 3.8) is 0 Å². The largest absolute Gasteiger partial charge is 0.508 e. The molecule has 1 aromatic rings. The maximum absolute atomic E-state index is 9.51. The zero-order chi connectivity index (χ0) is 17.3. The van der Waals surface area contributed by atoms with Gasteiger partial charge < -0.3 is 20.2 Å². The number of carboxylic acids is 1. The SMILES string of the molecule is CC(O)C(=O)O.CC[C@@H](c1cccc(O)c1)[C@@H](C)CN(C)C. The van der Waals surface area contributed by atoms with Crippen LogP contribution >= 0.6 is 0 Å². The highest BCUT2D eigenvalue weighted by Crippen LogP contribution is 2.30. The number of aromatic hydroxyl groups is 1. The summed E-state index contributed by atoms with van der Waals surface area (Å²) in [5.41, 5.74) is 1.25. The third-order valence-electron chi connectivity index (χ3n) is 3.44. The monoisotopic (exact) mass is 311 g/mol. The minimum absolute atomic E-state index is 0.369. The Hall–Kier alpha value is -1.59. The fourth-order valence-electron chi connectivity index (χ4n) is 2.43. The van der Waals surface area contributed by atoms with Gasteiger partial charge in [0.15, 0.2) is 0 Å². The molecule has 0 heterocycles. The molecule has 5 nitrogen and oxygen atoms in total. The van der Waals surface area contributed by atoms with Crippen molar-refractivity contribution >= 4 is 5.97 Å². The first-order valence-electron chi connectivity index (χ1n) is 7.53. The van der Waals surface area contributed by atoms with E-state index in [0.29, 0.717) is 17.6 Å². The number of carbonyl (C=O) groups is 1. The molecule has 1 unspecified atom stereocenters. The quantitative estimate of drug-likeness (QED) is 0.752. The van der Waals surface area contributed by atoms with E-state index in [1.807, 2.05) is 12.1 Å². The molecule has 0 aliphatic carbocycles. The molecular weight excluding hydrogens is 282 g/mol.